The molecule has 0 bridgehead atoms. The first-order chi connectivity index (χ1) is 11.6. The Labute approximate surface area is 142 Å². The van der Waals surface area contributed by atoms with Crippen LogP contribution in [-0.4, -0.2) is 43.8 Å². The van der Waals surface area contributed by atoms with Gasteiger partial charge in [0.05, 0.1) is 12.6 Å². The zero-order chi connectivity index (χ0) is 16.7. The molecule has 7 nitrogen and oxygen atoms in total. The molecular weight excluding hydrogens is 306 g/mol. The van der Waals surface area contributed by atoms with Gasteiger partial charge in [0.25, 0.3) is 5.89 Å². The molecule has 1 saturated carbocycles. The Kier molecular flexibility index (Phi) is 4.14. The van der Waals surface area contributed by atoms with Gasteiger partial charge in [-0.2, -0.15) is 4.98 Å². The number of hydrogen-bond donors (Lipinski definition) is 0. The van der Waals surface area contributed by atoms with Gasteiger partial charge in [-0.05, 0) is 33.6 Å². The van der Waals surface area contributed by atoms with E-state index in [1.165, 1.54) is 12.8 Å². The van der Waals surface area contributed by atoms with E-state index < -0.39 is 0 Å². The Morgan fingerprint density at radius 1 is 1.29 bits per heavy atom. The average molecular weight is 331 g/mol. The summed E-state index contributed by atoms with van der Waals surface area (Å²) in [7, 11) is 0. The Morgan fingerprint density at radius 2 is 2.12 bits per heavy atom. The van der Waals surface area contributed by atoms with E-state index in [1.54, 1.807) is 0 Å². The molecule has 0 unspecified atom stereocenters. The zero-order valence-corrected chi connectivity index (χ0v) is 14.6. The third-order valence-electron chi connectivity index (χ3n) is 4.68. The number of nitrogens with zero attached hydrogens (tertiary/aromatic N) is 5. The lowest BCUT2D eigenvalue weighted by Crippen LogP contribution is -2.42. The minimum absolute atomic E-state index is 0.127. The van der Waals surface area contributed by atoms with Gasteiger partial charge in [0.15, 0.2) is 5.82 Å². The highest BCUT2D eigenvalue weighted by Crippen LogP contribution is 2.39. The van der Waals surface area contributed by atoms with Crippen LogP contribution in [0.1, 0.15) is 69.2 Å². The number of morpholine rings is 1. The van der Waals surface area contributed by atoms with Crippen molar-refractivity contribution in [3.63, 3.8) is 0 Å². The van der Waals surface area contributed by atoms with Crippen molar-refractivity contribution in [2.75, 3.05) is 13.1 Å². The van der Waals surface area contributed by atoms with Crippen LogP contribution >= 0.6 is 0 Å². The number of imidazole rings is 1. The summed E-state index contributed by atoms with van der Waals surface area (Å²) in [6.45, 7) is 8.87. The van der Waals surface area contributed by atoms with Gasteiger partial charge in [-0.25, -0.2) is 4.98 Å². The summed E-state index contributed by atoms with van der Waals surface area (Å²) in [5.74, 6) is 3.04. The van der Waals surface area contributed by atoms with E-state index in [1.807, 2.05) is 12.4 Å². The van der Waals surface area contributed by atoms with E-state index in [0.29, 0.717) is 17.9 Å². The molecule has 7 heteroatoms. The molecule has 0 radical (unpaired) electrons. The van der Waals surface area contributed by atoms with E-state index in [9.17, 15) is 0 Å². The molecule has 2 aromatic rings. The summed E-state index contributed by atoms with van der Waals surface area (Å²) in [5.41, 5.74) is 0. The number of aromatic nitrogens is 4. The van der Waals surface area contributed by atoms with E-state index in [2.05, 4.69) is 45.4 Å². The highest BCUT2D eigenvalue weighted by atomic mass is 16.5. The van der Waals surface area contributed by atoms with Gasteiger partial charge in [0.1, 0.15) is 11.9 Å². The summed E-state index contributed by atoms with van der Waals surface area (Å²) in [6, 6.07) is 0.411. The SMILES string of the molecule is CC(C)n1ccnc1CN1C[C@@H](C)O[C@@H](c2nc(C3CC3)no2)C1. The van der Waals surface area contributed by atoms with Gasteiger partial charge >= 0.3 is 0 Å². The molecule has 130 valence electrons. The molecule has 1 aliphatic carbocycles. The lowest BCUT2D eigenvalue weighted by molar-refractivity contribution is -0.0937. The van der Waals surface area contributed by atoms with Crippen LogP contribution in [0.3, 0.4) is 0 Å². The van der Waals surface area contributed by atoms with Gasteiger partial charge in [-0.1, -0.05) is 5.16 Å². The quantitative estimate of drug-likeness (QED) is 0.839. The smallest absolute Gasteiger partial charge is 0.257 e. The lowest BCUT2D eigenvalue weighted by atomic mass is 10.2. The predicted octanol–water partition coefficient (Wildman–Crippen LogP) is 2.69. The van der Waals surface area contributed by atoms with E-state index >= 15 is 0 Å². The second-order valence-electron chi connectivity index (χ2n) is 7.24. The Bertz CT molecular complexity index is 691. The van der Waals surface area contributed by atoms with Crippen LogP contribution in [0.2, 0.25) is 0 Å². The molecule has 1 aliphatic heterocycles. The van der Waals surface area contributed by atoms with Crippen molar-refractivity contribution in [1.82, 2.24) is 24.6 Å². The van der Waals surface area contributed by atoms with E-state index in [0.717, 1.165) is 31.3 Å². The summed E-state index contributed by atoms with van der Waals surface area (Å²) in [5, 5.41) is 4.12. The third-order valence-corrected chi connectivity index (χ3v) is 4.68. The second-order valence-corrected chi connectivity index (χ2v) is 7.24. The highest BCUT2D eigenvalue weighted by molar-refractivity contribution is 5.05. The molecular formula is C17H25N5O2. The summed E-state index contributed by atoms with van der Waals surface area (Å²) < 4.78 is 13.7. The Hall–Kier alpha value is -1.73. The first kappa shape index (κ1) is 15.8. The van der Waals surface area contributed by atoms with Crippen LogP contribution in [0.4, 0.5) is 0 Å². The van der Waals surface area contributed by atoms with Crippen molar-refractivity contribution in [3.05, 3.63) is 29.9 Å². The minimum Gasteiger partial charge on any atom is -0.363 e. The predicted molar refractivity (Wildman–Crippen MR) is 87.5 cm³/mol. The van der Waals surface area contributed by atoms with Crippen molar-refractivity contribution < 1.29 is 9.26 Å². The first-order valence-electron chi connectivity index (χ1n) is 8.83. The molecule has 24 heavy (non-hydrogen) atoms. The fraction of sp³-hybridized carbons (Fsp3) is 0.706. The van der Waals surface area contributed by atoms with Crippen LogP contribution in [0.5, 0.6) is 0 Å². The largest absolute Gasteiger partial charge is 0.363 e. The van der Waals surface area contributed by atoms with E-state index in [4.69, 9.17) is 9.26 Å². The zero-order valence-electron chi connectivity index (χ0n) is 14.6. The van der Waals surface area contributed by atoms with Gasteiger partial charge < -0.3 is 13.8 Å². The fourth-order valence-electron chi connectivity index (χ4n) is 3.33. The first-order valence-corrected chi connectivity index (χ1v) is 8.83. The maximum absolute atomic E-state index is 6.05. The molecule has 2 aromatic heterocycles. The molecule has 0 aromatic carbocycles. The van der Waals surface area contributed by atoms with Gasteiger partial charge in [0.2, 0.25) is 0 Å². The molecule has 2 aliphatic rings. The van der Waals surface area contributed by atoms with Gasteiger partial charge in [0, 0.05) is 37.4 Å². The summed E-state index contributed by atoms with van der Waals surface area (Å²) in [6.07, 6.45) is 6.23. The number of ether oxygens (including phenoxy) is 1. The standard InChI is InChI=1S/C17H25N5O2/c1-11(2)22-7-6-18-15(22)10-21-8-12(3)23-14(9-21)17-19-16(20-24-17)13-4-5-13/h6-7,11-14H,4-5,8-10H2,1-3H3/t12-,14-/m1/s1. The van der Waals surface area contributed by atoms with Crippen molar-refractivity contribution >= 4 is 0 Å². The van der Waals surface area contributed by atoms with Crippen LogP contribution in [-0.2, 0) is 11.3 Å². The molecule has 0 amide bonds. The van der Waals surface area contributed by atoms with Gasteiger partial charge in [-0.3, -0.25) is 4.90 Å². The number of rotatable bonds is 5. The summed E-state index contributed by atoms with van der Waals surface area (Å²) in [4.78, 5) is 11.4. The Balaban J connectivity index is 1.46. The fourth-order valence-corrected chi connectivity index (χ4v) is 3.33. The van der Waals surface area contributed by atoms with Gasteiger partial charge in [-0.15, -0.1) is 0 Å². The van der Waals surface area contributed by atoms with Crippen LogP contribution < -0.4 is 0 Å². The van der Waals surface area contributed by atoms with Crippen LogP contribution in [0, 0.1) is 0 Å². The summed E-state index contributed by atoms with van der Waals surface area (Å²) >= 11 is 0. The molecule has 2 atom stereocenters. The maximum Gasteiger partial charge on any atom is 0.257 e. The molecule has 0 N–H and O–H groups in total. The second kappa shape index (κ2) is 6.29. The molecule has 0 spiro atoms. The lowest BCUT2D eigenvalue weighted by Gasteiger charge is -2.35. The third kappa shape index (κ3) is 3.23. The number of hydrogen-bond acceptors (Lipinski definition) is 6. The van der Waals surface area contributed by atoms with Crippen LogP contribution in [0.15, 0.2) is 16.9 Å². The molecule has 2 fully saturated rings. The molecule has 1 saturated heterocycles. The van der Waals surface area contributed by atoms with Crippen LogP contribution in [0.25, 0.3) is 0 Å². The topological polar surface area (TPSA) is 69.2 Å². The highest BCUT2D eigenvalue weighted by Gasteiger charge is 2.34. The van der Waals surface area contributed by atoms with E-state index in [-0.39, 0.29) is 12.2 Å². The Morgan fingerprint density at radius 3 is 2.88 bits per heavy atom. The van der Waals surface area contributed by atoms with Crippen molar-refractivity contribution in [2.24, 2.45) is 0 Å². The monoisotopic (exact) mass is 331 g/mol. The van der Waals surface area contributed by atoms with Crippen molar-refractivity contribution in [1.29, 1.82) is 0 Å². The maximum atomic E-state index is 6.05. The van der Waals surface area contributed by atoms with Crippen molar-refractivity contribution in [3.8, 4) is 0 Å². The van der Waals surface area contributed by atoms with Crippen molar-refractivity contribution in [2.45, 2.75) is 64.3 Å². The molecule has 3 heterocycles. The minimum atomic E-state index is -0.156. The average Bonchev–Trinajstić information content (AvgIpc) is 3.08. The molecule has 4 rings (SSSR count). The normalized spacial score (nSPS) is 25.5.